The number of hydrogen-bond acceptors (Lipinski definition) is 1. The normalized spacial score (nSPS) is 14.3. The highest BCUT2D eigenvalue weighted by Crippen LogP contribution is 2.38. The van der Waals surface area contributed by atoms with Gasteiger partial charge in [-0.1, -0.05) is 45.7 Å². The van der Waals surface area contributed by atoms with E-state index in [0.717, 1.165) is 0 Å². The Kier molecular flexibility index (Phi) is 3.76. The summed E-state index contributed by atoms with van der Waals surface area (Å²) in [6, 6.07) is 11.1. The number of aliphatic hydroxyl groups is 1. The van der Waals surface area contributed by atoms with Gasteiger partial charge in [-0.05, 0) is 36.8 Å². The van der Waals surface area contributed by atoms with Crippen LogP contribution in [0.5, 0.6) is 0 Å². The van der Waals surface area contributed by atoms with Gasteiger partial charge < -0.3 is 5.11 Å². The van der Waals surface area contributed by atoms with Crippen LogP contribution < -0.4 is 0 Å². The third-order valence-corrected chi connectivity index (χ3v) is 3.81. The van der Waals surface area contributed by atoms with E-state index in [1.165, 1.54) is 12.1 Å². The van der Waals surface area contributed by atoms with Crippen molar-refractivity contribution in [3.8, 4) is 0 Å². The van der Waals surface area contributed by atoms with E-state index in [-0.39, 0.29) is 0 Å². The molecule has 0 heterocycles. The van der Waals surface area contributed by atoms with Crippen molar-refractivity contribution in [1.82, 2.24) is 0 Å². The number of rotatable bonds is 2. The van der Waals surface area contributed by atoms with Gasteiger partial charge in [0.2, 0.25) is 0 Å². The summed E-state index contributed by atoms with van der Waals surface area (Å²) >= 11 is 9.48. The molecule has 0 radical (unpaired) electrons. The molecule has 0 aliphatic heterocycles. The molecule has 0 spiro atoms. The lowest BCUT2D eigenvalue weighted by atomic mass is 9.88. The fourth-order valence-corrected chi connectivity index (χ4v) is 3.12. The van der Waals surface area contributed by atoms with Gasteiger partial charge in [0.1, 0.15) is 11.4 Å². The molecule has 4 heteroatoms. The fourth-order valence-electron chi connectivity index (χ4n) is 1.90. The summed E-state index contributed by atoms with van der Waals surface area (Å²) in [5.74, 6) is -0.393. The number of benzene rings is 2. The van der Waals surface area contributed by atoms with Crippen molar-refractivity contribution >= 4 is 27.5 Å². The first-order chi connectivity index (χ1) is 8.43. The molecule has 0 saturated heterocycles. The van der Waals surface area contributed by atoms with Gasteiger partial charge in [-0.25, -0.2) is 4.39 Å². The zero-order valence-electron chi connectivity index (χ0n) is 9.62. The summed E-state index contributed by atoms with van der Waals surface area (Å²) in [5.41, 5.74) is -0.382. The molecule has 18 heavy (non-hydrogen) atoms. The Bertz CT molecular complexity index is 564. The molecule has 1 unspecified atom stereocenters. The smallest absolute Gasteiger partial charge is 0.123 e. The lowest BCUT2D eigenvalue weighted by Gasteiger charge is -2.26. The summed E-state index contributed by atoms with van der Waals surface area (Å²) in [7, 11) is 0. The third kappa shape index (κ3) is 2.44. The van der Waals surface area contributed by atoms with Crippen molar-refractivity contribution in [3.05, 3.63) is 68.9 Å². The van der Waals surface area contributed by atoms with E-state index in [9.17, 15) is 9.50 Å². The maximum absolute atomic E-state index is 13.3. The predicted molar refractivity (Wildman–Crippen MR) is 74.2 cm³/mol. The molecule has 2 rings (SSSR count). The van der Waals surface area contributed by atoms with E-state index in [4.69, 9.17) is 11.6 Å². The molecular formula is C14H11BrClFO. The minimum absolute atomic E-state index is 0.393. The Balaban J connectivity index is 2.61. The van der Waals surface area contributed by atoms with Crippen molar-refractivity contribution in [2.75, 3.05) is 0 Å². The van der Waals surface area contributed by atoms with Gasteiger partial charge in [0.15, 0.2) is 0 Å². The molecule has 94 valence electrons. The Labute approximate surface area is 118 Å². The largest absolute Gasteiger partial charge is 0.381 e. The Morgan fingerprint density at radius 3 is 2.50 bits per heavy atom. The first kappa shape index (κ1) is 13.5. The summed E-state index contributed by atoms with van der Waals surface area (Å²) in [4.78, 5) is 0. The lowest BCUT2D eigenvalue weighted by Crippen LogP contribution is -2.24. The van der Waals surface area contributed by atoms with Gasteiger partial charge in [0.25, 0.3) is 0 Å². The average Bonchev–Trinajstić information content (AvgIpc) is 2.28. The highest BCUT2D eigenvalue weighted by Gasteiger charge is 2.30. The van der Waals surface area contributed by atoms with Crippen molar-refractivity contribution in [3.63, 3.8) is 0 Å². The van der Waals surface area contributed by atoms with Gasteiger partial charge in [-0.2, -0.15) is 0 Å². The van der Waals surface area contributed by atoms with Gasteiger partial charge in [-0.3, -0.25) is 0 Å². The Morgan fingerprint density at radius 1 is 1.22 bits per heavy atom. The van der Waals surface area contributed by atoms with E-state index < -0.39 is 11.4 Å². The molecule has 0 aliphatic carbocycles. The van der Waals surface area contributed by atoms with E-state index in [2.05, 4.69) is 15.9 Å². The fraction of sp³-hybridized carbons (Fsp3) is 0.143. The molecule has 0 amide bonds. The minimum atomic E-state index is -1.36. The van der Waals surface area contributed by atoms with Gasteiger partial charge in [0.05, 0.1) is 0 Å². The highest BCUT2D eigenvalue weighted by atomic mass is 79.9. The maximum Gasteiger partial charge on any atom is 0.123 e. The molecule has 2 aromatic carbocycles. The first-order valence-electron chi connectivity index (χ1n) is 5.36. The van der Waals surface area contributed by atoms with Crippen molar-refractivity contribution in [2.24, 2.45) is 0 Å². The lowest BCUT2D eigenvalue weighted by molar-refractivity contribution is 0.101. The zero-order valence-corrected chi connectivity index (χ0v) is 12.0. The van der Waals surface area contributed by atoms with Crippen LogP contribution in [-0.4, -0.2) is 5.11 Å². The van der Waals surface area contributed by atoms with Gasteiger partial charge in [-0.15, -0.1) is 0 Å². The maximum atomic E-state index is 13.3. The standard InChI is InChI=1S/C14H11BrClFO/c1-14(18,9-4-2-5-10(17)8-9)13-11(15)6-3-7-12(13)16/h2-8,18H,1H3. The third-order valence-electron chi connectivity index (χ3n) is 2.84. The Hall–Kier alpha value is -0.900. The van der Waals surface area contributed by atoms with Crippen LogP contribution in [0.4, 0.5) is 4.39 Å². The van der Waals surface area contributed by atoms with Crippen LogP contribution in [0.25, 0.3) is 0 Å². The van der Waals surface area contributed by atoms with E-state index >= 15 is 0 Å². The number of hydrogen-bond donors (Lipinski definition) is 1. The SMILES string of the molecule is CC(O)(c1cccc(F)c1)c1c(Cl)cccc1Br. The topological polar surface area (TPSA) is 20.2 Å². The predicted octanol–water partition coefficient (Wildman–Crippen LogP) is 4.50. The van der Waals surface area contributed by atoms with Crippen LogP contribution >= 0.6 is 27.5 Å². The molecule has 1 nitrogen and oxygen atoms in total. The summed E-state index contributed by atoms with van der Waals surface area (Å²) in [6.07, 6.45) is 0. The van der Waals surface area contributed by atoms with Crippen LogP contribution in [0.1, 0.15) is 18.1 Å². The zero-order chi connectivity index (χ0) is 13.3. The van der Waals surface area contributed by atoms with E-state index in [1.807, 2.05) is 0 Å². The molecular weight excluding hydrogens is 319 g/mol. The second-order valence-electron chi connectivity index (χ2n) is 4.18. The van der Waals surface area contributed by atoms with Crippen LogP contribution in [0, 0.1) is 5.82 Å². The molecule has 0 aliphatic rings. The molecule has 0 fully saturated rings. The summed E-state index contributed by atoms with van der Waals surface area (Å²) in [5, 5.41) is 11.1. The molecule has 0 aromatic heterocycles. The van der Waals surface area contributed by atoms with Crippen LogP contribution in [-0.2, 0) is 5.60 Å². The minimum Gasteiger partial charge on any atom is -0.381 e. The van der Waals surface area contributed by atoms with Crippen molar-refractivity contribution in [1.29, 1.82) is 0 Å². The summed E-state index contributed by atoms with van der Waals surface area (Å²) < 4.78 is 13.9. The Morgan fingerprint density at radius 2 is 1.89 bits per heavy atom. The van der Waals surface area contributed by atoms with Gasteiger partial charge in [0, 0.05) is 15.1 Å². The molecule has 0 saturated carbocycles. The van der Waals surface area contributed by atoms with Gasteiger partial charge >= 0.3 is 0 Å². The monoisotopic (exact) mass is 328 g/mol. The van der Waals surface area contributed by atoms with E-state index in [0.29, 0.717) is 20.6 Å². The van der Waals surface area contributed by atoms with Crippen LogP contribution in [0.2, 0.25) is 5.02 Å². The van der Waals surface area contributed by atoms with E-state index in [1.54, 1.807) is 37.3 Å². The first-order valence-corrected chi connectivity index (χ1v) is 6.53. The highest BCUT2D eigenvalue weighted by molar-refractivity contribution is 9.10. The van der Waals surface area contributed by atoms with Crippen molar-refractivity contribution in [2.45, 2.75) is 12.5 Å². The van der Waals surface area contributed by atoms with Crippen LogP contribution in [0.3, 0.4) is 0 Å². The van der Waals surface area contributed by atoms with Crippen molar-refractivity contribution < 1.29 is 9.50 Å². The van der Waals surface area contributed by atoms with Crippen LogP contribution in [0.15, 0.2) is 46.9 Å². The average molecular weight is 330 g/mol. The molecule has 0 bridgehead atoms. The second kappa shape index (κ2) is 5.00. The second-order valence-corrected chi connectivity index (χ2v) is 5.44. The molecule has 1 N–H and O–H groups in total. The molecule has 1 atom stereocenters. The summed E-state index contributed by atoms with van der Waals surface area (Å²) in [6.45, 7) is 1.59. The quantitative estimate of drug-likeness (QED) is 0.860. The molecule has 2 aromatic rings. The number of halogens is 3.